The van der Waals surface area contributed by atoms with Crippen LogP contribution in [0.1, 0.15) is 40.5 Å². The fraction of sp³-hybridized carbons (Fsp3) is 1.00. The summed E-state index contributed by atoms with van der Waals surface area (Å²) in [5.41, 5.74) is -0.102. The first-order valence-electron chi connectivity index (χ1n) is 4.84. The van der Waals surface area contributed by atoms with E-state index in [0.717, 1.165) is 12.8 Å². The Bertz CT molecular complexity index is 117. The van der Waals surface area contributed by atoms with Crippen molar-refractivity contribution in [3.05, 3.63) is 0 Å². The molecule has 0 spiro atoms. The summed E-state index contributed by atoms with van der Waals surface area (Å²) in [6, 6.07) is 0. The zero-order chi connectivity index (χ0) is 9.78. The second kappa shape index (κ2) is 4.83. The Balaban J connectivity index is 4.56. The van der Waals surface area contributed by atoms with Crippen LogP contribution in [-0.2, 0) is 0 Å². The smallest absolute Gasteiger partial charge is 0.0829 e. The summed E-state index contributed by atoms with van der Waals surface area (Å²) >= 11 is 0. The van der Waals surface area contributed by atoms with Crippen molar-refractivity contribution in [1.82, 2.24) is 0 Å². The zero-order valence-corrected chi connectivity index (χ0v) is 8.67. The topological polar surface area (TPSA) is 40.5 Å². The van der Waals surface area contributed by atoms with Gasteiger partial charge in [0, 0.05) is 5.41 Å². The normalized spacial score (nSPS) is 15.2. The van der Waals surface area contributed by atoms with Crippen LogP contribution in [0.15, 0.2) is 0 Å². The average Bonchev–Trinajstić information content (AvgIpc) is 2.06. The van der Waals surface area contributed by atoms with Crippen LogP contribution in [0.5, 0.6) is 0 Å². The lowest BCUT2D eigenvalue weighted by Crippen LogP contribution is -2.41. The van der Waals surface area contributed by atoms with E-state index in [1.165, 1.54) is 0 Å². The molecule has 0 aliphatic heterocycles. The van der Waals surface area contributed by atoms with Gasteiger partial charge in [-0.3, -0.25) is 0 Å². The van der Waals surface area contributed by atoms with Gasteiger partial charge in [0.1, 0.15) is 0 Å². The van der Waals surface area contributed by atoms with Crippen LogP contribution in [0.3, 0.4) is 0 Å². The van der Waals surface area contributed by atoms with Gasteiger partial charge in [0.05, 0.1) is 12.7 Å². The van der Waals surface area contributed by atoms with E-state index >= 15 is 0 Å². The summed E-state index contributed by atoms with van der Waals surface area (Å²) in [6.07, 6.45) is 1.26. The molecule has 1 atom stereocenters. The summed E-state index contributed by atoms with van der Waals surface area (Å²) in [5, 5.41) is 18.6. The molecule has 0 bridgehead atoms. The van der Waals surface area contributed by atoms with Crippen molar-refractivity contribution in [2.75, 3.05) is 6.61 Å². The summed E-state index contributed by atoms with van der Waals surface area (Å²) in [7, 11) is 0. The predicted octanol–water partition coefficient (Wildman–Crippen LogP) is 1.80. The predicted molar refractivity (Wildman–Crippen MR) is 50.9 cm³/mol. The minimum absolute atomic E-state index is 0.102. The van der Waals surface area contributed by atoms with E-state index in [2.05, 4.69) is 27.7 Å². The molecule has 0 unspecified atom stereocenters. The SMILES string of the molecule is CCC(CC)(C(C)C)[C@H](O)CO. The van der Waals surface area contributed by atoms with Gasteiger partial charge in [0.15, 0.2) is 0 Å². The molecule has 0 radical (unpaired) electrons. The third-order valence-electron chi connectivity index (χ3n) is 3.30. The highest BCUT2D eigenvalue weighted by molar-refractivity contribution is 4.86. The highest BCUT2D eigenvalue weighted by Crippen LogP contribution is 2.38. The Hall–Kier alpha value is -0.0800. The molecule has 0 amide bonds. The van der Waals surface area contributed by atoms with Gasteiger partial charge in [0.25, 0.3) is 0 Å². The minimum atomic E-state index is -0.576. The summed E-state index contributed by atoms with van der Waals surface area (Å²) in [5.74, 6) is 0.412. The molecule has 2 nitrogen and oxygen atoms in total. The first-order valence-corrected chi connectivity index (χ1v) is 4.84. The van der Waals surface area contributed by atoms with Crippen LogP contribution in [0, 0.1) is 11.3 Å². The monoisotopic (exact) mass is 174 g/mol. The maximum absolute atomic E-state index is 9.69. The summed E-state index contributed by atoms with van der Waals surface area (Å²) < 4.78 is 0. The van der Waals surface area contributed by atoms with E-state index in [9.17, 15) is 5.11 Å². The fourth-order valence-electron chi connectivity index (χ4n) is 2.10. The van der Waals surface area contributed by atoms with Crippen LogP contribution in [0.25, 0.3) is 0 Å². The maximum atomic E-state index is 9.69. The molecule has 0 aliphatic carbocycles. The summed E-state index contributed by atoms with van der Waals surface area (Å²) in [4.78, 5) is 0. The van der Waals surface area contributed by atoms with Crippen molar-refractivity contribution in [2.24, 2.45) is 11.3 Å². The highest BCUT2D eigenvalue weighted by Gasteiger charge is 2.36. The lowest BCUT2D eigenvalue weighted by atomic mass is 9.69. The molecule has 0 aromatic rings. The number of aliphatic hydroxyl groups is 2. The Labute approximate surface area is 75.6 Å². The number of rotatable bonds is 5. The van der Waals surface area contributed by atoms with Crippen molar-refractivity contribution in [3.8, 4) is 0 Å². The van der Waals surface area contributed by atoms with Crippen molar-refractivity contribution in [3.63, 3.8) is 0 Å². The van der Waals surface area contributed by atoms with Gasteiger partial charge in [-0.2, -0.15) is 0 Å². The Kier molecular flexibility index (Phi) is 4.80. The van der Waals surface area contributed by atoms with Crippen molar-refractivity contribution in [1.29, 1.82) is 0 Å². The largest absolute Gasteiger partial charge is 0.394 e. The Morgan fingerprint density at radius 3 is 1.67 bits per heavy atom. The fourth-order valence-corrected chi connectivity index (χ4v) is 2.10. The minimum Gasteiger partial charge on any atom is -0.394 e. The van der Waals surface area contributed by atoms with E-state index < -0.39 is 6.10 Å². The second-order valence-corrected chi connectivity index (χ2v) is 3.79. The van der Waals surface area contributed by atoms with Gasteiger partial charge in [0.2, 0.25) is 0 Å². The van der Waals surface area contributed by atoms with Gasteiger partial charge in [-0.05, 0) is 18.8 Å². The molecule has 0 aliphatic rings. The van der Waals surface area contributed by atoms with Crippen molar-refractivity contribution >= 4 is 0 Å². The summed E-state index contributed by atoms with van der Waals surface area (Å²) in [6.45, 7) is 8.22. The number of hydrogen-bond acceptors (Lipinski definition) is 2. The van der Waals surface area contributed by atoms with Gasteiger partial charge in [-0.1, -0.05) is 27.7 Å². The van der Waals surface area contributed by atoms with Gasteiger partial charge in [-0.15, -0.1) is 0 Å². The lowest BCUT2D eigenvalue weighted by Gasteiger charge is -2.39. The van der Waals surface area contributed by atoms with Crippen LogP contribution in [0.4, 0.5) is 0 Å². The van der Waals surface area contributed by atoms with Crippen LogP contribution in [-0.4, -0.2) is 22.9 Å². The number of aliphatic hydroxyl groups excluding tert-OH is 2. The molecule has 12 heavy (non-hydrogen) atoms. The van der Waals surface area contributed by atoms with Gasteiger partial charge < -0.3 is 10.2 Å². The van der Waals surface area contributed by atoms with Crippen molar-refractivity contribution < 1.29 is 10.2 Å². The Morgan fingerprint density at radius 2 is 1.58 bits per heavy atom. The Morgan fingerprint density at radius 1 is 1.17 bits per heavy atom. The number of hydrogen-bond donors (Lipinski definition) is 2. The first-order chi connectivity index (χ1) is 5.55. The first kappa shape index (κ1) is 11.9. The lowest BCUT2D eigenvalue weighted by molar-refractivity contribution is -0.0486. The third-order valence-corrected chi connectivity index (χ3v) is 3.30. The maximum Gasteiger partial charge on any atom is 0.0829 e. The van der Waals surface area contributed by atoms with E-state index in [4.69, 9.17) is 5.11 Å². The molecule has 0 fully saturated rings. The quantitative estimate of drug-likeness (QED) is 0.667. The second-order valence-electron chi connectivity index (χ2n) is 3.79. The molecule has 2 N–H and O–H groups in total. The molecule has 0 saturated carbocycles. The molecule has 0 saturated heterocycles. The van der Waals surface area contributed by atoms with E-state index in [-0.39, 0.29) is 12.0 Å². The van der Waals surface area contributed by atoms with Crippen LogP contribution >= 0.6 is 0 Å². The molecule has 0 aromatic carbocycles. The van der Waals surface area contributed by atoms with Crippen LogP contribution < -0.4 is 0 Å². The standard InChI is InChI=1S/C10H22O2/c1-5-10(6-2,8(3)4)9(12)7-11/h8-9,11-12H,5-7H2,1-4H3/t9-/m1/s1. The van der Waals surface area contributed by atoms with E-state index in [0.29, 0.717) is 5.92 Å². The molecule has 74 valence electrons. The zero-order valence-electron chi connectivity index (χ0n) is 8.67. The highest BCUT2D eigenvalue weighted by atomic mass is 16.3. The van der Waals surface area contributed by atoms with Gasteiger partial charge in [-0.25, -0.2) is 0 Å². The molecule has 0 rings (SSSR count). The van der Waals surface area contributed by atoms with E-state index in [1.807, 2.05) is 0 Å². The van der Waals surface area contributed by atoms with Gasteiger partial charge >= 0.3 is 0 Å². The van der Waals surface area contributed by atoms with E-state index in [1.54, 1.807) is 0 Å². The van der Waals surface area contributed by atoms with Crippen LogP contribution in [0.2, 0.25) is 0 Å². The molecule has 0 aromatic heterocycles. The molecule has 2 heteroatoms. The van der Waals surface area contributed by atoms with Crippen molar-refractivity contribution in [2.45, 2.75) is 46.6 Å². The third kappa shape index (κ3) is 1.99. The average molecular weight is 174 g/mol. The molecular formula is C10H22O2. The molecule has 0 heterocycles. The molecular weight excluding hydrogens is 152 g/mol.